The van der Waals surface area contributed by atoms with Gasteiger partial charge in [0.15, 0.2) is 0 Å². The third-order valence-corrected chi connectivity index (χ3v) is 4.30. The normalized spacial score (nSPS) is 19.2. The summed E-state index contributed by atoms with van der Waals surface area (Å²) in [5.74, 6) is -0.299. The van der Waals surface area contributed by atoms with E-state index in [1.54, 1.807) is 0 Å². The summed E-state index contributed by atoms with van der Waals surface area (Å²) in [5.41, 5.74) is -0.402. The molecule has 4 nitrogen and oxygen atoms in total. The molecule has 2 N–H and O–H groups in total. The van der Waals surface area contributed by atoms with Gasteiger partial charge in [-0.15, -0.1) is 0 Å². The first-order valence-corrected chi connectivity index (χ1v) is 8.18. The zero-order valence-corrected chi connectivity index (χ0v) is 13.5. The summed E-state index contributed by atoms with van der Waals surface area (Å²) in [6, 6.07) is 4.96. The first kappa shape index (κ1) is 18.7. The molecular formula is C17H23F3N2O2. The van der Waals surface area contributed by atoms with Crippen molar-refractivity contribution in [3.8, 4) is 0 Å². The average molecular weight is 344 g/mol. The highest BCUT2D eigenvalue weighted by molar-refractivity contribution is 5.78. The molecule has 1 atom stereocenters. The number of hydrogen-bond donors (Lipinski definition) is 2. The molecule has 1 amide bonds. The molecule has 7 heteroatoms. The molecule has 1 aliphatic heterocycles. The Hall–Kier alpha value is -1.60. The Kier molecular flexibility index (Phi) is 6.62. The smallest absolute Gasteiger partial charge is 0.395 e. The Morgan fingerprint density at radius 3 is 2.83 bits per heavy atom. The molecule has 0 bridgehead atoms. The van der Waals surface area contributed by atoms with Gasteiger partial charge in [-0.3, -0.25) is 9.69 Å². The van der Waals surface area contributed by atoms with Crippen LogP contribution < -0.4 is 5.32 Å². The molecule has 0 radical (unpaired) electrons. The van der Waals surface area contributed by atoms with Gasteiger partial charge in [0.1, 0.15) is 0 Å². The highest BCUT2D eigenvalue weighted by atomic mass is 19.4. The molecule has 134 valence electrons. The number of aliphatic hydroxyl groups is 1. The van der Waals surface area contributed by atoms with Gasteiger partial charge >= 0.3 is 6.18 Å². The number of alkyl halides is 3. The van der Waals surface area contributed by atoms with Crippen molar-refractivity contribution >= 4 is 5.91 Å². The van der Waals surface area contributed by atoms with E-state index < -0.39 is 11.7 Å². The lowest BCUT2D eigenvalue weighted by Gasteiger charge is -2.34. The molecule has 1 aromatic rings. The number of carbonyl (C=O) groups is 1. The number of amides is 1. The summed E-state index contributed by atoms with van der Waals surface area (Å²) in [6.45, 7) is 2.07. The molecule has 24 heavy (non-hydrogen) atoms. The van der Waals surface area contributed by atoms with Crippen molar-refractivity contribution in [2.75, 3.05) is 26.2 Å². The third kappa shape index (κ3) is 5.49. The fraction of sp³-hybridized carbons (Fsp3) is 0.588. The Bertz CT molecular complexity index is 549. The highest BCUT2D eigenvalue weighted by Crippen LogP contribution is 2.29. The molecule has 1 heterocycles. The van der Waals surface area contributed by atoms with Gasteiger partial charge in [0.25, 0.3) is 0 Å². The topological polar surface area (TPSA) is 52.6 Å². The van der Waals surface area contributed by atoms with Gasteiger partial charge < -0.3 is 10.4 Å². The molecule has 0 saturated carbocycles. The van der Waals surface area contributed by atoms with Crippen LogP contribution in [-0.2, 0) is 17.4 Å². The number of hydrogen-bond acceptors (Lipinski definition) is 3. The quantitative estimate of drug-likeness (QED) is 0.832. The number of nitrogens with one attached hydrogen (secondary N) is 1. The summed E-state index contributed by atoms with van der Waals surface area (Å²) in [6.07, 6.45) is -1.35. The van der Waals surface area contributed by atoms with Gasteiger partial charge in [-0.25, -0.2) is 0 Å². The lowest BCUT2D eigenvalue weighted by atomic mass is 10.0. The van der Waals surface area contributed by atoms with Crippen molar-refractivity contribution in [1.29, 1.82) is 0 Å². The van der Waals surface area contributed by atoms with Gasteiger partial charge in [-0.1, -0.05) is 24.6 Å². The minimum atomic E-state index is -4.40. The maximum Gasteiger partial charge on any atom is 0.416 e. The Balaban J connectivity index is 1.79. The number of rotatable bonds is 6. The monoisotopic (exact) mass is 344 g/mol. The van der Waals surface area contributed by atoms with Crippen LogP contribution in [-0.4, -0.2) is 48.2 Å². The van der Waals surface area contributed by atoms with E-state index in [-0.39, 0.29) is 25.0 Å². The molecule has 0 spiro atoms. The minimum absolute atomic E-state index is 0.0760. The van der Waals surface area contributed by atoms with Crippen molar-refractivity contribution < 1.29 is 23.1 Å². The fourth-order valence-electron chi connectivity index (χ4n) is 3.01. The van der Waals surface area contributed by atoms with E-state index in [0.29, 0.717) is 18.7 Å². The maximum absolute atomic E-state index is 12.7. The minimum Gasteiger partial charge on any atom is -0.395 e. The van der Waals surface area contributed by atoms with Crippen molar-refractivity contribution in [3.05, 3.63) is 35.4 Å². The summed E-state index contributed by atoms with van der Waals surface area (Å²) < 4.78 is 38.0. The van der Waals surface area contributed by atoms with Crippen LogP contribution >= 0.6 is 0 Å². The van der Waals surface area contributed by atoms with Crippen molar-refractivity contribution in [1.82, 2.24) is 10.2 Å². The second-order valence-electron chi connectivity index (χ2n) is 6.09. The van der Waals surface area contributed by atoms with Crippen LogP contribution in [0.4, 0.5) is 13.2 Å². The third-order valence-electron chi connectivity index (χ3n) is 4.30. The van der Waals surface area contributed by atoms with Crippen LogP contribution in [0.5, 0.6) is 0 Å². The van der Waals surface area contributed by atoms with Gasteiger partial charge in [0.2, 0.25) is 5.91 Å². The first-order valence-electron chi connectivity index (χ1n) is 8.18. The van der Waals surface area contributed by atoms with Crippen LogP contribution in [0.1, 0.15) is 30.4 Å². The predicted octanol–water partition coefficient (Wildman–Crippen LogP) is 2.21. The summed E-state index contributed by atoms with van der Waals surface area (Å²) >= 11 is 0. The molecule has 1 saturated heterocycles. The standard InChI is InChI=1S/C17H23F3N2O2/c18-17(19,20)14-5-3-4-13(10-14)11-16(24)21-7-9-22-8-2-1-6-15(22)12-23/h3-5,10,15,23H,1-2,6-9,11-12H2,(H,21,24)/t15-/m1/s1. The molecule has 0 aromatic heterocycles. The van der Waals surface area contributed by atoms with Gasteiger partial charge in [-0.05, 0) is 31.0 Å². The van der Waals surface area contributed by atoms with E-state index in [4.69, 9.17) is 0 Å². The highest BCUT2D eigenvalue weighted by Gasteiger charge is 2.30. The fourth-order valence-corrected chi connectivity index (χ4v) is 3.01. The molecular weight excluding hydrogens is 321 g/mol. The van der Waals surface area contributed by atoms with Crippen LogP contribution in [0.25, 0.3) is 0 Å². The van der Waals surface area contributed by atoms with Crippen molar-refractivity contribution in [3.63, 3.8) is 0 Å². The number of carbonyl (C=O) groups excluding carboxylic acids is 1. The van der Waals surface area contributed by atoms with Gasteiger partial charge in [-0.2, -0.15) is 13.2 Å². The summed E-state index contributed by atoms with van der Waals surface area (Å²) in [5, 5.41) is 12.1. The predicted molar refractivity (Wildman–Crippen MR) is 84.5 cm³/mol. The number of piperidine rings is 1. The number of likely N-dealkylation sites (tertiary alicyclic amines) is 1. The lowest BCUT2D eigenvalue weighted by Crippen LogP contribution is -2.45. The first-order chi connectivity index (χ1) is 11.4. The lowest BCUT2D eigenvalue weighted by molar-refractivity contribution is -0.137. The molecule has 1 fully saturated rings. The zero-order chi connectivity index (χ0) is 17.6. The van der Waals surface area contributed by atoms with E-state index in [1.165, 1.54) is 12.1 Å². The Labute approximate surface area is 139 Å². The Morgan fingerprint density at radius 2 is 2.12 bits per heavy atom. The van der Waals surface area contributed by atoms with E-state index in [9.17, 15) is 23.1 Å². The molecule has 0 aliphatic carbocycles. The Morgan fingerprint density at radius 1 is 1.33 bits per heavy atom. The average Bonchev–Trinajstić information content (AvgIpc) is 2.55. The van der Waals surface area contributed by atoms with E-state index in [0.717, 1.165) is 37.9 Å². The van der Waals surface area contributed by atoms with Crippen molar-refractivity contribution in [2.45, 2.75) is 37.9 Å². The van der Waals surface area contributed by atoms with Crippen LogP contribution in [0.2, 0.25) is 0 Å². The molecule has 0 unspecified atom stereocenters. The van der Waals surface area contributed by atoms with E-state index >= 15 is 0 Å². The second-order valence-corrected chi connectivity index (χ2v) is 6.09. The van der Waals surface area contributed by atoms with Crippen molar-refractivity contribution in [2.24, 2.45) is 0 Å². The summed E-state index contributed by atoms with van der Waals surface area (Å²) in [7, 11) is 0. The van der Waals surface area contributed by atoms with Crippen LogP contribution in [0, 0.1) is 0 Å². The summed E-state index contributed by atoms with van der Waals surface area (Å²) in [4.78, 5) is 14.1. The van der Waals surface area contributed by atoms with Crippen LogP contribution in [0.15, 0.2) is 24.3 Å². The molecule has 1 aromatic carbocycles. The molecule has 2 rings (SSSR count). The number of halogens is 3. The second kappa shape index (κ2) is 8.48. The maximum atomic E-state index is 12.7. The zero-order valence-electron chi connectivity index (χ0n) is 13.5. The van der Waals surface area contributed by atoms with E-state index in [2.05, 4.69) is 10.2 Å². The number of benzene rings is 1. The van der Waals surface area contributed by atoms with Gasteiger partial charge in [0, 0.05) is 19.1 Å². The molecule has 1 aliphatic rings. The van der Waals surface area contributed by atoms with Crippen LogP contribution in [0.3, 0.4) is 0 Å². The largest absolute Gasteiger partial charge is 0.416 e. The number of aliphatic hydroxyl groups excluding tert-OH is 1. The SMILES string of the molecule is O=C(Cc1cccc(C(F)(F)F)c1)NCCN1CCCC[C@@H]1CO. The number of nitrogens with zero attached hydrogens (tertiary/aromatic N) is 1. The van der Waals surface area contributed by atoms with Gasteiger partial charge in [0.05, 0.1) is 18.6 Å². The van der Waals surface area contributed by atoms with E-state index in [1.807, 2.05) is 0 Å².